The monoisotopic (exact) mass is 326 g/mol. The zero-order valence-electron chi connectivity index (χ0n) is 14.2. The first-order chi connectivity index (χ1) is 9.93. The molecule has 0 heterocycles. The zero-order valence-corrected chi connectivity index (χ0v) is 15.0. The van der Waals surface area contributed by atoms with Crippen LogP contribution in [0.3, 0.4) is 0 Å². The van der Waals surface area contributed by atoms with Gasteiger partial charge in [0, 0.05) is 25.2 Å². The van der Waals surface area contributed by atoms with Gasteiger partial charge in [-0.3, -0.25) is 4.79 Å². The molecule has 0 aliphatic rings. The summed E-state index contributed by atoms with van der Waals surface area (Å²) in [5.41, 5.74) is 0.508. The topological polar surface area (TPSA) is 66.5 Å². The molecule has 1 aromatic carbocycles. The van der Waals surface area contributed by atoms with Gasteiger partial charge in [0.05, 0.1) is 4.90 Å². The van der Waals surface area contributed by atoms with Crippen LogP contribution in [0.4, 0.5) is 5.69 Å². The number of hydrogen-bond donors (Lipinski definition) is 1. The van der Waals surface area contributed by atoms with E-state index in [2.05, 4.69) is 5.32 Å². The van der Waals surface area contributed by atoms with Crippen molar-refractivity contribution < 1.29 is 13.2 Å². The summed E-state index contributed by atoms with van der Waals surface area (Å²) < 4.78 is 26.0. The number of hydrogen-bond acceptors (Lipinski definition) is 3. The van der Waals surface area contributed by atoms with Crippen molar-refractivity contribution in [2.45, 2.75) is 52.0 Å². The molecule has 124 valence electrons. The van der Waals surface area contributed by atoms with Crippen LogP contribution in [0.2, 0.25) is 0 Å². The molecule has 0 saturated heterocycles. The van der Waals surface area contributed by atoms with Crippen molar-refractivity contribution in [2.75, 3.05) is 12.4 Å². The Balaban J connectivity index is 2.86. The highest BCUT2D eigenvalue weighted by Gasteiger charge is 2.23. The van der Waals surface area contributed by atoms with Crippen molar-refractivity contribution >= 4 is 21.6 Å². The minimum atomic E-state index is -3.49. The van der Waals surface area contributed by atoms with Crippen LogP contribution in [0.5, 0.6) is 0 Å². The molecule has 0 aliphatic heterocycles. The molecule has 1 rings (SSSR count). The van der Waals surface area contributed by atoms with E-state index in [4.69, 9.17) is 0 Å². The van der Waals surface area contributed by atoms with E-state index in [0.717, 1.165) is 0 Å². The number of nitrogens with zero attached hydrogens (tertiary/aromatic N) is 1. The molecule has 5 nitrogen and oxygen atoms in total. The second-order valence-electron chi connectivity index (χ2n) is 6.92. The van der Waals surface area contributed by atoms with Gasteiger partial charge in [0.15, 0.2) is 0 Å². The van der Waals surface area contributed by atoms with Crippen LogP contribution in [0.15, 0.2) is 29.2 Å². The minimum Gasteiger partial charge on any atom is -0.326 e. The summed E-state index contributed by atoms with van der Waals surface area (Å²) in [6, 6.07) is 6.14. The third-order valence-corrected chi connectivity index (χ3v) is 5.28. The summed E-state index contributed by atoms with van der Waals surface area (Å²) in [4.78, 5) is 12.1. The van der Waals surface area contributed by atoms with Gasteiger partial charge in [0.2, 0.25) is 15.9 Å². The predicted molar refractivity (Wildman–Crippen MR) is 89.2 cm³/mol. The number of amides is 1. The first kappa shape index (κ1) is 18.6. The van der Waals surface area contributed by atoms with E-state index in [1.165, 1.54) is 16.4 Å². The molecule has 0 unspecified atom stereocenters. The molecule has 0 spiro atoms. The fourth-order valence-electron chi connectivity index (χ4n) is 1.84. The van der Waals surface area contributed by atoms with Crippen molar-refractivity contribution in [3.8, 4) is 0 Å². The van der Waals surface area contributed by atoms with Gasteiger partial charge in [-0.15, -0.1) is 0 Å². The molecule has 0 fully saturated rings. The van der Waals surface area contributed by atoms with Crippen LogP contribution in [0.25, 0.3) is 0 Å². The van der Waals surface area contributed by atoms with E-state index in [1.807, 2.05) is 34.6 Å². The van der Waals surface area contributed by atoms with Crippen LogP contribution in [0.1, 0.15) is 41.0 Å². The second-order valence-corrected chi connectivity index (χ2v) is 8.92. The Bertz CT molecular complexity index is 614. The van der Waals surface area contributed by atoms with E-state index in [1.54, 1.807) is 19.2 Å². The van der Waals surface area contributed by atoms with E-state index >= 15 is 0 Å². The van der Waals surface area contributed by atoms with E-state index in [0.29, 0.717) is 12.1 Å². The Morgan fingerprint density at radius 1 is 1.18 bits per heavy atom. The lowest BCUT2D eigenvalue weighted by Gasteiger charge is -2.21. The lowest BCUT2D eigenvalue weighted by atomic mass is 9.92. The largest absolute Gasteiger partial charge is 0.326 e. The SMILES string of the molecule is CC(C)N(C)S(=O)(=O)c1ccc(NC(=O)CC(C)(C)C)cc1. The Hall–Kier alpha value is -1.40. The van der Waals surface area contributed by atoms with E-state index in [9.17, 15) is 13.2 Å². The molecule has 0 saturated carbocycles. The van der Waals surface area contributed by atoms with Gasteiger partial charge in [-0.25, -0.2) is 8.42 Å². The summed E-state index contributed by atoms with van der Waals surface area (Å²) in [5.74, 6) is -0.0811. The van der Waals surface area contributed by atoms with E-state index in [-0.39, 0.29) is 22.3 Å². The summed E-state index contributed by atoms with van der Waals surface area (Å²) in [6.45, 7) is 9.61. The Morgan fingerprint density at radius 2 is 1.68 bits per heavy atom. The molecule has 0 radical (unpaired) electrons. The zero-order chi connectivity index (χ0) is 17.1. The standard InChI is InChI=1S/C16H26N2O3S/c1-12(2)18(6)22(20,21)14-9-7-13(8-10-14)17-15(19)11-16(3,4)5/h7-10,12H,11H2,1-6H3,(H,17,19). The van der Waals surface area contributed by atoms with Gasteiger partial charge in [0.1, 0.15) is 0 Å². The van der Waals surface area contributed by atoms with E-state index < -0.39 is 10.0 Å². The number of anilines is 1. The molecule has 0 atom stereocenters. The molecule has 0 bridgehead atoms. The minimum absolute atomic E-state index is 0.0811. The van der Waals surface area contributed by atoms with Crippen LogP contribution < -0.4 is 5.32 Å². The maximum absolute atomic E-state index is 12.3. The molecule has 1 amide bonds. The molecular formula is C16H26N2O3S. The Labute approximate surface area is 133 Å². The number of rotatable bonds is 5. The van der Waals surface area contributed by atoms with Crippen molar-refractivity contribution in [2.24, 2.45) is 5.41 Å². The average Bonchev–Trinajstić information content (AvgIpc) is 2.35. The number of sulfonamides is 1. The fourth-order valence-corrected chi connectivity index (χ4v) is 3.21. The van der Waals surface area contributed by atoms with Gasteiger partial charge in [-0.05, 0) is 43.5 Å². The highest BCUT2D eigenvalue weighted by molar-refractivity contribution is 7.89. The summed E-state index contributed by atoms with van der Waals surface area (Å²) in [5, 5.41) is 2.78. The number of benzene rings is 1. The van der Waals surface area contributed by atoms with Crippen molar-refractivity contribution in [1.29, 1.82) is 0 Å². The van der Waals surface area contributed by atoms with Crippen LogP contribution in [-0.2, 0) is 14.8 Å². The highest BCUT2D eigenvalue weighted by Crippen LogP contribution is 2.21. The molecule has 1 aromatic rings. The number of nitrogens with one attached hydrogen (secondary N) is 1. The lowest BCUT2D eigenvalue weighted by molar-refractivity contribution is -0.117. The first-order valence-corrected chi connectivity index (χ1v) is 8.75. The predicted octanol–water partition coefficient (Wildman–Crippen LogP) is 3.09. The van der Waals surface area contributed by atoms with Crippen LogP contribution in [-0.4, -0.2) is 31.7 Å². The molecule has 0 aliphatic carbocycles. The average molecular weight is 326 g/mol. The Kier molecular flexibility index (Phi) is 5.76. The summed E-state index contributed by atoms with van der Waals surface area (Å²) in [7, 11) is -1.94. The lowest BCUT2D eigenvalue weighted by Crippen LogP contribution is -2.33. The number of carbonyl (C=O) groups excluding carboxylic acids is 1. The molecule has 1 N–H and O–H groups in total. The van der Waals surface area contributed by atoms with Crippen molar-refractivity contribution in [3.63, 3.8) is 0 Å². The van der Waals surface area contributed by atoms with Crippen molar-refractivity contribution in [3.05, 3.63) is 24.3 Å². The summed E-state index contributed by atoms with van der Waals surface area (Å²) >= 11 is 0. The molecule has 0 aromatic heterocycles. The smallest absolute Gasteiger partial charge is 0.243 e. The van der Waals surface area contributed by atoms with Gasteiger partial charge in [-0.1, -0.05) is 20.8 Å². The molecule has 6 heteroatoms. The molecule has 22 heavy (non-hydrogen) atoms. The van der Waals surface area contributed by atoms with Gasteiger partial charge in [0.25, 0.3) is 0 Å². The quantitative estimate of drug-likeness (QED) is 0.904. The maximum atomic E-state index is 12.3. The third kappa shape index (κ3) is 5.10. The van der Waals surface area contributed by atoms with Crippen LogP contribution >= 0.6 is 0 Å². The third-order valence-electron chi connectivity index (χ3n) is 3.23. The van der Waals surface area contributed by atoms with Gasteiger partial charge < -0.3 is 5.32 Å². The van der Waals surface area contributed by atoms with Crippen LogP contribution in [0, 0.1) is 5.41 Å². The highest BCUT2D eigenvalue weighted by atomic mass is 32.2. The normalized spacial score (nSPS) is 12.7. The fraction of sp³-hybridized carbons (Fsp3) is 0.562. The second kappa shape index (κ2) is 6.79. The Morgan fingerprint density at radius 3 is 2.09 bits per heavy atom. The van der Waals surface area contributed by atoms with Crippen molar-refractivity contribution in [1.82, 2.24) is 4.31 Å². The molecular weight excluding hydrogens is 300 g/mol. The first-order valence-electron chi connectivity index (χ1n) is 7.31. The van der Waals surface area contributed by atoms with Gasteiger partial charge >= 0.3 is 0 Å². The number of carbonyl (C=O) groups is 1. The van der Waals surface area contributed by atoms with Gasteiger partial charge in [-0.2, -0.15) is 4.31 Å². The summed E-state index contributed by atoms with van der Waals surface area (Å²) in [6.07, 6.45) is 0.406. The maximum Gasteiger partial charge on any atom is 0.243 e.